The van der Waals surface area contributed by atoms with Crippen LogP contribution >= 0.6 is 12.6 Å². The SMILES string of the molecule is COCC(CCO)NC(=O)C(S)C(C)C. The lowest BCUT2D eigenvalue weighted by Gasteiger charge is -2.20. The number of carbonyl (C=O) groups excluding carboxylic acids is 1. The third kappa shape index (κ3) is 6.02. The van der Waals surface area contributed by atoms with Crippen molar-refractivity contribution in [1.29, 1.82) is 0 Å². The van der Waals surface area contributed by atoms with Crippen LogP contribution in [0.1, 0.15) is 20.3 Å². The van der Waals surface area contributed by atoms with Crippen LogP contribution in [-0.2, 0) is 9.53 Å². The molecule has 2 atom stereocenters. The summed E-state index contributed by atoms with van der Waals surface area (Å²) >= 11 is 4.22. The molecule has 5 heteroatoms. The predicted octanol–water partition coefficient (Wildman–Crippen LogP) is 0.454. The topological polar surface area (TPSA) is 58.6 Å². The Hall–Kier alpha value is -0.260. The number of amides is 1. The van der Waals surface area contributed by atoms with Crippen molar-refractivity contribution in [3.05, 3.63) is 0 Å². The van der Waals surface area contributed by atoms with Gasteiger partial charge < -0.3 is 15.2 Å². The van der Waals surface area contributed by atoms with Gasteiger partial charge in [0.25, 0.3) is 0 Å². The van der Waals surface area contributed by atoms with E-state index in [2.05, 4.69) is 17.9 Å². The Morgan fingerprint density at radius 2 is 2.13 bits per heavy atom. The molecule has 0 aromatic heterocycles. The second-order valence-electron chi connectivity index (χ2n) is 3.86. The summed E-state index contributed by atoms with van der Waals surface area (Å²) in [7, 11) is 1.57. The van der Waals surface area contributed by atoms with Crippen molar-refractivity contribution in [2.24, 2.45) is 5.92 Å². The van der Waals surface area contributed by atoms with Crippen molar-refractivity contribution in [3.8, 4) is 0 Å². The van der Waals surface area contributed by atoms with Gasteiger partial charge in [0.1, 0.15) is 0 Å². The number of aliphatic hydroxyl groups is 1. The first-order chi connectivity index (χ1) is 7.02. The zero-order chi connectivity index (χ0) is 11.8. The second-order valence-corrected chi connectivity index (χ2v) is 4.42. The van der Waals surface area contributed by atoms with E-state index in [1.807, 2.05) is 13.8 Å². The number of ether oxygens (including phenoxy) is 1. The Morgan fingerprint density at radius 1 is 1.53 bits per heavy atom. The van der Waals surface area contributed by atoms with Gasteiger partial charge in [-0.05, 0) is 12.3 Å². The fourth-order valence-electron chi connectivity index (χ4n) is 1.14. The zero-order valence-corrected chi connectivity index (χ0v) is 10.5. The van der Waals surface area contributed by atoms with Gasteiger partial charge in [0, 0.05) is 13.7 Å². The summed E-state index contributed by atoms with van der Waals surface area (Å²) in [6.07, 6.45) is 0.498. The van der Waals surface area contributed by atoms with E-state index < -0.39 is 0 Å². The van der Waals surface area contributed by atoms with Crippen molar-refractivity contribution in [2.45, 2.75) is 31.6 Å². The molecule has 0 saturated carbocycles. The summed E-state index contributed by atoms with van der Waals surface area (Å²) < 4.78 is 4.95. The second kappa shape index (κ2) is 7.96. The normalized spacial score (nSPS) is 15.1. The van der Waals surface area contributed by atoms with Crippen LogP contribution < -0.4 is 5.32 Å². The monoisotopic (exact) mass is 235 g/mol. The molecule has 0 heterocycles. The smallest absolute Gasteiger partial charge is 0.233 e. The number of hydrogen-bond donors (Lipinski definition) is 3. The molecule has 0 aliphatic heterocycles. The van der Waals surface area contributed by atoms with Gasteiger partial charge in [-0.25, -0.2) is 0 Å². The van der Waals surface area contributed by atoms with Gasteiger partial charge in [-0.3, -0.25) is 4.79 Å². The molecule has 15 heavy (non-hydrogen) atoms. The molecule has 0 fully saturated rings. The number of methoxy groups -OCH3 is 1. The minimum Gasteiger partial charge on any atom is -0.396 e. The first-order valence-electron chi connectivity index (χ1n) is 5.11. The molecular weight excluding hydrogens is 214 g/mol. The van der Waals surface area contributed by atoms with Gasteiger partial charge in [0.2, 0.25) is 5.91 Å². The molecule has 0 radical (unpaired) electrons. The van der Waals surface area contributed by atoms with Crippen LogP contribution in [0.3, 0.4) is 0 Å². The van der Waals surface area contributed by atoms with Gasteiger partial charge >= 0.3 is 0 Å². The highest BCUT2D eigenvalue weighted by molar-refractivity contribution is 7.81. The van der Waals surface area contributed by atoms with E-state index in [1.54, 1.807) is 7.11 Å². The Balaban J connectivity index is 4.09. The lowest BCUT2D eigenvalue weighted by atomic mass is 10.1. The van der Waals surface area contributed by atoms with Crippen molar-refractivity contribution in [3.63, 3.8) is 0 Å². The van der Waals surface area contributed by atoms with Crippen LogP contribution in [0.5, 0.6) is 0 Å². The van der Waals surface area contributed by atoms with E-state index in [9.17, 15) is 4.79 Å². The van der Waals surface area contributed by atoms with E-state index >= 15 is 0 Å². The Kier molecular flexibility index (Phi) is 7.82. The fraction of sp³-hybridized carbons (Fsp3) is 0.900. The van der Waals surface area contributed by atoms with Crippen LogP contribution in [0.4, 0.5) is 0 Å². The molecule has 0 aromatic rings. The molecule has 1 amide bonds. The molecule has 0 aliphatic rings. The standard InChI is InChI=1S/C10H21NO3S/c1-7(2)9(15)10(13)11-8(4-5-12)6-14-3/h7-9,12,15H,4-6H2,1-3H3,(H,11,13). The molecule has 4 nitrogen and oxygen atoms in total. The highest BCUT2D eigenvalue weighted by Crippen LogP contribution is 2.09. The minimum atomic E-state index is -0.317. The van der Waals surface area contributed by atoms with E-state index in [0.29, 0.717) is 13.0 Å². The Labute approximate surface area is 96.8 Å². The van der Waals surface area contributed by atoms with Crippen LogP contribution in [0.25, 0.3) is 0 Å². The Morgan fingerprint density at radius 3 is 2.53 bits per heavy atom. The van der Waals surface area contributed by atoms with Crippen LogP contribution in [0.15, 0.2) is 0 Å². The van der Waals surface area contributed by atoms with Crippen molar-refractivity contribution in [2.75, 3.05) is 20.3 Å². The van der Waals surface area contributed by atoms with Gasteiger partial charge in [-0.2, -0.15) is 12.6 Å². The average molecular weight is 235 g/mol. The van der Waals surface area contributed by atoms with E-state index in [1.165, 1.54) is 0 Å². The van der Waals surface area contributed by atoms with E-state index in [4.69, 9.17) is 9.84 Å². The molecule has 2 unspecified atom stereocenters. The summed E-state index contributed by atoms with van der Waals surface area (Å²) in [6.45, 7) is 4.32. The van der Waals surface area contributed by atoms with Gasteiger partial charge in [-0.1, -0.05) is 13.8 Å². The number of hydrogen-bond acceptors (Lipinski definition) is 4. The summed E-state index contributed by atoms with van der Waals surface area (Å²) in [4.78, 5) is 11.6. The zero-order valence-electron chi connectivity index (χ0n) is 9.56. The molecule has 90 valence electrons. The quantitative estimate of drug-likeness (QED) is 0.562. The Bertz CT molecular complexity index is 182. The maximum atomic E-state index is 11.6. The number of rotatable bonds is 7. The average Bonchev–Trinajstić information content (AvgIpc) is 2.17. The number of aliphatic hydroxyl groups excluding tert-OH is 1. The van der Waals surface area contributed by atoms with Crippen molar-refractivity contribution < 1.29 is 14.6 Å². The molecule has 0 aliphatic carbocycles. The molecule has 0 rings (SSSR count). The van der Waals surface area contributed by atoms with Gasteiger partial charge in [0.05, 0.1) is 17.9 Å². The number of thiol groups is 1. The lowest BCUT2D eigenvalue weighted by molar-refractivity contribution is -0.122. The fourth-order valence-corrected chi connectivity index (χ4v) is 1.22. The third-order valence-corrected chi connectivity index (χ3v) is 2.92. The van der Waals surface area contributed by atoms with Crippen molar-refractivity contribution in [1.82, 2.24) is 5.32 Å². The largest absolute Gasteiger partial charge is 0.396 e. The highest BCUT2D eigenvalue weighted by atomic mass is 32.1. The van der Waals surface area contributed by atoms with Crippen LogP contribution in [0, 0.1) is 5.92 Å². The molecule has 0 aromatic carbocycles. The first kappa shape index (κ1) is 14.7. The summed E-state index contributed by atoms with van der Waals surface area (Å²) in [5.41, 5.74) is 0. The number of nitrogens with one attached hydrogen (secondary N) is 1. The summed E-state index contributed by atoms with van der Waals surface area (Å²) in [5, 5.41) is 11.3. The highest BCUT2D eigenvalue weighted by Gasteiger charge is 2.20. The number of carbonyl (C=O) groups is 1. The first-order valence-corrected chi connectivity index (χ1v) is 5.62. The van der Waals surface area contributed by atoms with Gasteiger partial charge in [-0.15, -0.1) is 0 Å². The third-order valence-electron chi connectivity index (χ3n) is 2.09. The predicted molar refractivity (Wildman–Crippen MR) is 63.1 cm³/mol. The molecule has 0 bridgehead atoms. The van der Waals surface area contributed by atoms with Gasteiger partial charge in [0.15, 0.2) is 0 Å². The van der Waals surface area contributed by atoms with E-state index in [0.717, 1.165) is 0 Å². The molecular formula is C10H21NO3S. The summed E-state index contributed by atoms with van der Waals surface area (Å²) in [6, 6.07) is -0.138. The maximum Gasteiger partial charge on any atom is 0.233 e. The van der Waals surface area contributed by atoms with Crippen LogP contribution in [-0.4, -0.2) is 42.6 Å². The maximum absolute atomic E-state index is 11.6. The molecule has 2 N–H and O–H groups in total. The lowest BCUT2D eigenvalue weighted by Crippen LogP contribution is -2.43. The molecule has 0 saturated heterocycles. The molecule has 0 spiro atoms. The summed E-state index contributed by atoms with van der Waals surface area (Å²) in [5.74, 6) is 0.0782. The van der Waals surface area contributed by atoms with E-state index in [-0.39, 0.29) is 29.7 Å². The minimum absolute atomic E-state index is 0.0349. The van der Waals surface area contributed by atoms with Crippen LogP contribution in [0.2, 0.25) is 0 Å². The van der Waals surface area contributed by atoms with Crippen molar-refractivity contribution >= 4 is 18.5 Å².